The molecular formula is C14H15N3O2. The van der Waals surface area contributed by atoms with Crippen LogP contribution in [-0.4, -0.2) is 17.4 Å². The Balaban J connectivity index is 2.26. The minimum atomic E-state index is -0.0571. The molecule has 3 N–H and O–H groups in total. The first-order chi connectivity index (χ1) is 9.20. The zero-order valence-electron chi connectivity index (χ0n) is 10.6. The molecule has 2 rings (SSSR count). The number of nitrogens with two attached hydrogens (primary N) is 1. The number of aromatic nitrogens is 1. The van der Waals surface area contributed by atoms with Crippen molar-refractivity contribution in [3.63, 3.8) is 0 Å². The summed E-state index contributed by atoms with van der Waals surface area (Å²) in [4.78, 5) is 3.97. The van der Waals surface area contributed by atoms with Gasteiger partial charge in [0.25, 0.3) is 0 Å². The first kappa shape index (κ1) is 12.9. The van der Waals surface area contributed by atoms with Gasteiger partial charge in [-0.3, -0.25) is 10.4 Å². The second-order valence-corrected chi connectivity index (χ2v) is 3.80. The number of nitrogen functional groups attached to an aromatic ring is 1. The van der Waals surface area contributed by atoms with E-state index in [1.54, 1.807) is 24.4 Å². The predicted octanol–water partition coefficient (Wildman–Crippen LogP) is 2.56. The zero-order valence-corrected chi connectivity index (χ0v) is 10.6. The number of rotatable bonds is 5. The summed E-state index contributed by atoms with van der Waals surface area (Å²) in [6.45, 7) is 2.51. The Labute approximate surface area is 111 Å². The Hall–Kier alpha value is -2.56. The molecule has 1 heterocycles. The smallest absolute Gasteiger partial charge is 0.156 e. The van der Waals surface area contributed by atoms with Crippen LogP contribution in [0.3, 0.4) is 0 Å². The molecule has 0 unspecified atom stereocenters. The van der Waals surface area contributed by atoms with Gasteiger partial charge in [-0.05, 0) is 25.1 Å². The lowest BCUT2D eigenvalue weighted by Gasteiger charge is -2.10. The molecule has 0 amide bonds. The number of hydrogen-bond acceptors (Lipinski definition) is 4. The lowest BCUT2D eigenvalue weighted by molar-refractivity contribution is 0.338. The molecule has 0 fully saturated rings. The van der Waals surface area contributed by atoms with E-state index in [0.29, 0.717) is 23.7 Å². The number of ether oxygens (including phenoxy) is 2. The average Bonchev–Trinajstić information content (AvgIpc) is 2.40. The zero-order chi connectivity index (χ0) is 13.7. The van der Waals surface area contributed by atoms with Gasteiger partial charge in [-0.25, -0.2) is 0 Å². The summed E-state index contributed by atoms with van der Waals surface area (Å²) in [5.41, 5.74) is 6.01. The monoisotopic (exact) mass is 257 g/mol. The number of nitrogens with one attached hydrogen (secondary N) is 1. The molecule has 5 nitrogen and oxygen atoms in total. The average molecular weight is 257 g/mol. The molecule has 0 saturated heterocycles. The highest BCUT2D eigenvalue weighted by Crippen LogP contribution is 2.27. The van der Waals surface area contributed by atoms with Crippen LogP contribution >= 0.6 is 0 Å². The maximum absolute atomic E-state index is 7.50. The van der Waals surface area contributed by atoms with E-state index in [9.17, 15) is 0 Å². The number of nitrogens with zero attached hydrogens (tertiary/aromatic N) is 1. The molecule has 2 aromatic rings. The third-order valence-corrected chi connectivity index (χ3v) is 2.42. The highest BCUT2D eigenvalue weighted by atomic mass is 16.5. The van der Waals surface area contributed by atoms with E-state index in [0.717, 1.165) is 5.75 Å². The summed E-state index contributed by atoms with van der Waals surface area (Å²) in [7, 11) is 0. The predicted molar refractivity (Wildman–Crippen MR) is 72.9 cm³/mol. The van der Waals surface area contributed by atoms with E-state index in [-0.39, 0.29) is 5.84 Å². The van der Waals surface area contributed by atoms with Crippen LogP contribution in [0.25, 0.3) is 0 Å². The van der Waals surface area contributed by atoms with Crippen molar-refractivity contribution in [2.75, 3.05) is 6.61 Å². The van der Waals surface area contributed by atoms with E-state index in [2.05, 4.69) is 4.98 Å². The molecule has 0 aliphatic heterocycles. The summed E-state index contributed by atoms with van der Waals surface area (Å²) in [5, 5.41) is 7.50. The molecule has 1 aromatic carbocycles. The van der Waals surface area contributed by atoms with Crippen molar-refractivity contribution in [3.05, 3.63) is 48.3 Å². The van der Waals surface area contributed by atoms with Crippen molar-refractivity contribution in [1.82, 2.24) is 4.98 Å². The van der Waals surface area contributed by atoms with Crippen LogP contribution in [0.4, 0.5) is 0 Å². The van der Waals surface area contributed by atoms with Crippen LogP contribution < -0.4 is 15.2 Å². The van der Waals surface area contributed by atoms with E-state index >= 15 is 0 Å². The van der Waals surface area contributed by atoms with Crippen molar-refractivity contribution in [2.45, 2.75) is 6.92 Å². The number of hydrogen-bond donors (Lipinski definition) is 2. The summed E-state index contributed by atoms with van der Waals surface area (Å²) < 4.78 is 11.1. The Morgan fingerprint density at radius 1 is 1.32 bits per heavy atom. The van der Waals surface area contributed by atoms with Crippen molar-refractivity contribution >= 4 is 5.84 Å². The third kappa shape index (κ3) is 3.22. The van der Waals surface area contributed by atoms with Gasteiger partial charge in [0.05, 0.1) is 18.4 Å². The molecule has 0 aliphatic rings. The van der Waals surface area contributed by atoms with Gasteiger partial charge in [-0.2, -0.15) is 0 Å². The first-order valence-corrected chi connectivity index (χ1v) is 5.90. The molecule has 0 saturated carbocycles. The van der Waals surface area contributed by atoms with Crippen LogP contribution in [0.1, 0.15) is 12.5 Å². The molecular weight excluding hydrogens is 242 g/mol. The molecule has 0 atom stereocenters. The number of pyridine rings is 1. The lowest BCUT2D eigenvalue weighted by atomic mass is 10.2. The largest absolute Gasteiger partial charge is 0.494 e. The Bertz CT molecular complexity index is 584. The quantitative estimate of drug-likeness (QED) is 0.637. The van der Waals surface area contributed by atoms with Crippen molar-refractivity contribution in [3.8, 4) is 17.2 Å². The standard InChI is InChI=1S/C14H15N3O2/c1-2-18-10-4-3-5-11(8-10)19-13-9-17-7-6-12(13)14(15)16/h3-9H,2H2,1H3,(H3,15,16). The molecule has 0 radical (unpaired) electrons. The van der Waals surface area contributed by atoms with Gasteiger partial charge < -0.3 is 15.2 Å². The van der Waals surface area contributed by atoms with Gasteiger partial charge in [0, 0.05) is 12.3 Å². The highest BCUT2D eigenvalue weighted by Gasteiger charge is 2.08. The molecule has 0 spiro atoms. The fraction of sp³-hybridized carbons (Fsp3) is 0.143. The summed E-state index contributed by atoms with van der Waals surface area (Å²) in [6.07, 6.45) is 3.10. The van der Waals surface area contributed by atoms with Crippen molar-refractivity contribution in [1.29, 1.82) is 5.41 Å². The molecule has 1 aromatic heterocycles. The summed E-state index contributed by atoms with van der Waals surface area (Å²) >= 11 is 0. The van der Waals surface area contributed by atoms with Crippen molar-refractivity contribution in [2.24, 2.45) is 5.73 Å². The highest BCUT2D eigenvalue weighted by molar-refractivity contribution is 5.97. The number of amidine groups is 1. The fourth-order valence-electron chi connectivity index (χ4n) is 1.60. The Morgan fingerprint density at radius 3 is 2.84 bits per heavy atom. The van der Waals surface area contributed by atoms with Gasteiger partial charge in [0.15, 0.2) is 5.75 Å². The SMILES string of the molecule is CCOc1cccc(Oc2cnccc2C(=N)N)c1. The maximum atomic E-state index is 7.50. The maximum Gasteiger partial charge on any atom is 0.156 e. The molecule has 0 aliphatic carbocycles. The molecule has 98 valence electrons. The minimum absolute atomic E-state index is 0.0571. The van der Waals surface area contributed by atoms with Gasteiger partial charge in [-0.1, -0.05) is 6.07 Å². The summed E-state index contributed by atoms with van der Waals surface area (Å²) in [5.74, 6) is 1.73. The van der Waals surface area contributed by atoms with E-state index in [1.165, 1.54) is 6.20 Å². The molecule has 19 heavy (non-hydrogen) atoms. The minimum Gasteiger partial charge on any atom is -0.494 e. The van der Waals surface area contributed by atoms with Gasteiger partial charge in [0.2, 0.25) is 0 Å². The van der Waals surface area contributed by atoms with Gasteiger partial charge in [-0.15, -0.1) is 0 Å². The van der Waals surface area contributed by atoms with E-state index < -0.39 is 0 Å². The van der Waals surface area contributed by atoms with Crippen LogP contribution in [-0.2, 0) is 0 Å². The van der Waals surface area contributed by atoms with Gasteiger partial charge >= 0.3 is 0 Å². The molecule has 5 heteroatoms. The van der Waals surface area contributed by atoms with E-state index in [1.807, 2.05) is 19.1 Å². The normalized spacial score (nSPS) is 9.95. The van der Waals surface area contributed by atoms with Crippen LogP contribution in [0.5, 0.6) is 17.2 Å². The first-order valence-electron chi connectivity index (χ1n) is 5.90. The van der Waals surface area contributed by atoms with Crippen LogP contribution in [0.15, 0.2) is 42.7 Å². The second kappa shape index (κ2) is 5.86. The van der Waals surface area contributed by atoms with Crippen LogP contribution in [0, 0.1) is 5.41 Å². The van der Waals surface area contributed by atoms with Crippen LogP contribution in [0.2, 0.25) is 0 Å². The van der Waals surface area contributed by atoms with Gasteiger partial charge in [0.1, 0.15) is 17.3 Å². The fourth-order valence-corrected chi connectivity index (χ4v) is 1.60. The number of benzene rings is 1. The third-order valence-electron chi connectivity index (χ3n) is 2.42. The topological polar surface area (TPSA) is 81.2 Å². The summed E-state index contributed by atoms with van der Waals surface area (Å²) in [6, 6.07) is 8.92. The van der Waals surface area contributed by atoms with Crippen molar-refractivity contribution < 1.29 is 9.47 Å². The Morgan fingerprint density at radius 2 is 2.11 bits per heavy atom. The van der Waals surface area contributed by atoms with E-state index in [4.69, 9.17) is 20.6 Å². The lowest BCUT2D eigenvalue weighted by Crippen LogP contribution is -2.12. The second-order valence-electron chi connectivity index (χ2n) is 3.80. The Kier molecular flexibility index (Phi) is 3.97. The molecule has 0 bridgehead atoms.